The van der Waals surface area contributed by atoms with Crippen LogP contribution in [0.5, 0.6) is 5.75 Å². The van der Waals surface area contributed by atoms with Crippen LogP contribution in [0.2, 0.25) is 0 Å². The summed E-state index contributed by atoms with van der Waals surface area (Å²) in [5.74, 6) is 1.29. The molecule has 0 aliphatic rings. The van der Waals surface area contributed by atoms with Gasteiger partial charge in [-0.05, 0) is 38.7 Å². The number of halogens is 2. The molecule has 0 aliphatic heterocycles. The van der Waals surface area contributed by atoms with Crippen LogP contribution in [0.3, 0.4) is 0 Å². The van der Waals surface area contributed by atoms with Crippen molar-refractivity contribution in [2.75, 3.05) is 63.6 Å². The highest BCUT2D eigenvalue weighted by Gasteiger charge is 2.16. The summed E-state index contributed by atoms with van der Waals surface area (Å²) < 4.78 is 11.3. The molecule has 26 heavy (non-hydrogen) atoms. The number of likely N-dealkylation sites (N-methyl/N-ethyl adjacent to an activating group) is 1. The number of alkyl halides is 2. The third-order valence-corrected chi connectivity index (χ3v) is 4.11. The van der Waals surface area contributed by atoms with Gasteiger partial charge < -0.3 is 19.3 Å². The summed E-state index contributed by atoms with van der Waals surface area (Å²) >= 11 is 11.8. The van der Waals surface area contributed by atoms with E-state index < -0.39 is 0 Å². The van der Waals surface area contributed by atoms with Gasteiger partial charge in [-0.15, -0.1) is 23.2 Å². The quantitative estimate of drug-likeness (QED) is 0.283. The maximum absolute atomic E-state index is 12.3. The van der Waals surface area contributed by atoms with E-state index in [-0.39, 0.29) is 5.97 Å². The summed E-state index contributed by atoms with van der Waals surface area (Å²) in [5.41, 5.74) is 1.38. The van der Waals surface area contributed by atoms with Crippen molar-refractivity contribution in [2.24, 2.45) is 0 Å². The van der Waals surface area contributed by atoms with Crippen molar-refractivity contribution < 1.29 is 14.3 Å². The van der Waals surface area contributed by atoms with Gasteiger partial charge in [0.15, 0.2) is 0 Å². The van der Waals surface area contributed by atoms with E-state index in [2.05, 4.69) is 11.8 Å². The number of hydrogen-bond donors (Lipinski definition) is 0. The van der Waals surface area contributed by atoms with Crippen LogP contribution in [-0.4, -0.2) is 69.6 Å². The van der Waals surface area contributed by atoms with Crippen molar-refractivity contribution in [2.45, 2.75) is 19.8 Å². The molecule has 0 aliphatic carbocycles. The molecule has 1 rings (SSSR count). The Balaban J connectivity index is 2.97. The van der Waals surface area contributed by atoms with Crippen molar-refractivity contribution in [3.63, 3.8) is 0 Å². The molecule has 0 atom stereocenters. The first-order valence-electron chi connectivity index (χ1n) is 8.99. The lowest BCUT2D eigenvalue weighted by Gasteiger charge is -2.25. The van der Waals surface area contributed by atoms with Crippen molar-refractivity contribution >= 4 is 34.9 Å². The fourth-order valence-corrected chi connectivity index (χ4v) is 2.71. The van der Waals surface area contributed by atoms with E-state index in [0.717, 1.165) is 18.5 Å². The molecule has 0 unspecified atom stereocenters. The molecule has 0 saturated heterocycles. The van der Waals surface area contributed by atoms with Crippen LogP contribution in [0.1, 0.15) is 30.1 Å². The average Bonchev–Trinajstić information content (AvgIpc) is 2.61. The van der Waals surface area contributed by atoms with Crippen molar-refractivity contribution in [3.05, 3.63) is 23.8 Å². The van der Waals surface area contributed by atoms with Crippen molar-refractivity contribution in [3.8, 4) is 5.75 Å². The molecule has 0 fully saturated rings. The van der Waals surface area contributed by atoms with Gasteiger partial charge in [0.1, 0.15) is 12.4 Å². The van der Waals surface area contributed by atoms with E-state index in [1.54, 1.807) is 12.1 Å². The van der Waals surface area contributed by atoms with Gasteiger partial charge >= 0.3 is 5.97 Å². The second-order valence-electron chi connectivity index (χ2n) is 6.19. The molecule has 1 aromatic carbocycles. The van der Waals surface area contributed by atoms with Gasteiger partial charge in [0.05, 0.1) is 17.9 Å². The highest BCUT2D eigenvalue weighted by atomic mass is 35.5. The zero-order chi connectivity index (χ0) is 19.4. The number of ether oxygens (including phenoxy) is 2. The molecule has 1 aromatic rings. The van der Waals surface area contributed by atoms with Gasteiger partial charge in [0, 0.05) is 31.4 Å². The third-order valence-electron chi connectivity index (χ3n) is 3.77. The van der Waals surface area contributed by atoms with Crippen LogP contribution in [0.15, 0.2) is 18.2 Å². The Morgan fingerprint density at radius 2 is 1.77 bits per heavy atom. The first-order chi connectivity index (χ1) is 12.5. The lowest BCUT2D eigenvalue weighted by molar-refractivity contribution is 0.0481. The van der Waals surface area contributed by atoms with Gasteiger partial charge in [-0.25, -0.2) is 4.79 Å². The highest BCUT2D eigenvalue weighted by molar-refractivity contribution is 6.18. The fraction of sp³-hybridized carbons (Fsp3) is 0.632. The minimum Gasteiger partial charge on any atom is -0.491 e. The molecule has 5 nitrogen and oxygen atoms in total. The van der Waals surface area contributed by atoms with E-state index >= 15 is 0 Å². The number of anilines is 1. The zero-order valence-corrected chi connectivity index (χ0v) is 17.5. The fourth-order valence-electron chi connectivity index (χ4n) is 2.31. The first kappa shape index (κ1) is 22.9. The molecule has 0 saturated carbocycles. The molecular weight excluding hydrogens is 375 g/mol. The van der Waals surface area contributed by atoms with Crippen LogP contribution in [0, 0.1) is 0 Å². The molecule has 148 valence electrons. The van der Waals surface area contributed by atoms with Gasteiger partial charge in [0.2, 0.25) is 0 Å². The normalized spacial score (nSPS) is 10.8. The topological polar surface area (TPSA) is 42.0 Å². The van der Waals surface area contributed by atoms with Gasteiger partial charge in [0.25, 0.3) is 0 Å². The Morgan fingerprint density at radius 1 is 1.08 bits per heavy atom. The Kier molecular flexibility index (Phi) is 11.5. The number of carbonyl (C=O) groups excluding carboxylic acids is 1. The number of hydrogen-bond acceptors (Lipinski definition) is 5. The van der Waals surface area contributed by atoms with E-state index in [1.807, 2.05) is 25.1 Å². The van der Waals surface area contributed by atoms with Crippen LogP contribution in [-0.2, 0) is 4.74 Å². The Labute approximate surface area is 167 Å². The average molecular weight is 405 g/mol. The number of rotatable bonds is 13. The lowest BCUT2D eigenvalue weighted by atomic mass is 10.1. The second kappa shape index (κ2) is 13.1. The van der Waals surface area contributed by atoms with Crippen LogP contribution in [0.25, 0.3) is 0 Å². The monoisotopic (exact) mass is 404 g/mol. The standard InChI is InChI=1S/C19H30Cl2N2O3/c1-4-5-13-25-18-15-16(19(24)26-14-12-22(2)3)6-7-17(18)23(10-8-20)11-9-21/h6-7,15H,4-5,8-14H2,1-3H3. The molecule has 0 amide bonds. The Hall–Kier alpha value is -1.17. The van der Waals surface area contributed by atoms with Gasteiger partial charge in [-0.1, -0.05) is 13.3 Å². The second-order valence-corrected chi connectivity index (χ2v) is 6.94. The van der Waals surface area contributed by atoms with Crippen molar-refractivity contribution in [1.82, 2.24) is 4.90 Å². The minimum absolute atomic E-state index is 0.347. The minimum atomic E-state index is -0.347. The number of benzene rings is 1. The van der Waals surface area contributed by atoms with E-state index in [1.165, 1.54) is 0 Å². The molecule has 0 radical (unpaired) electrons. The molecule has 7 heteroatoms. The third kappa shape index (κ3) is 8.02. The SMILES string of the molecule is CCCCOc1cc(C(=O)OCCN(C)C)ccc1N(CCCl)CCCl. The molecule has 0 heterocycles. The molecule has 0 bridgehead atoms. The molecule has 0 N–H and O–H groups in total. The molecule has 0 aromatic heterocycles. The maximum Gasteiger partial charge on any atom is 0.338 e. The predicted molar refractivity (Wildman–Crippen MR) is 109 cm³/mol. The molecular formula is C19H30Cl2N2O3. The first-order valence-corrected chi connectivity index (χ1v) is 10.1. The summed E-state index contributed by atoms with van der Waals surface area (Å²) in [4.78, 5) is 16.3. The zero-order valence-electron chi connectivity index (χ0n) is 16.0. The molecule has 0 spiro atoms. The highest BCUT2D eigenvalue weighted by Crippen LogP contribution is 2.30. The number of esters is 1. The van der Waals surface area contributed by atoms with Crippen LogP contribution >= 0.6 is 23.2 Å². The van der Waals surface area contributed by atoms with E-state index in [4.69, 9.17) is 32.7 Å². The number of carbonyl (C=O) groups is 1. The van der Waals surface area contributed by atoms with Gasteiger partial charge in [-0.3, -0.25) is 0 Å². The number of nitrogens with zero attached hydrogens (tertiary/aromatic N) is 2. The van der Waals surface area contributed by atoms with Crippen molar-refractivity contribution in [1.29, 1.82) is 0 Å². The summed E-state index contributed by atoms with van der Waals surface area (Å²) in [6, 6.07) is 5.39. The summed E-state index contributed by atoms with van der Waals surface area (Å²) in [6.07, 6.45) is 1.98. The summed E-state index contributed by atoms with van der Waals surface area (Å²) in [6.45, 7) is 5.05. The Morgan fingerprint density at radius 3 is 2.35 bits per heavy atom. The smallest absolute Gasteiger partial charge is 0.338 e. The maximum atomic E-state index is 12.3. The Bertz CT molecular complexity index is 536. The van der Waals surface area contributed by atoms with E-state index in [0.29, 0.717) is 55.9 Å². The lowest BCUT2D eigenvalue weighted by Crippen LogP contribution is -2.28. The summed E-state index contributed by atoms with van der Waals surface area (Å²) in [7, 11) is 3.87. The van der Waals surface area contributed by atoms with Crippen LogP contribution in [0.4, 0.5) is 5.69 Å². The number of unbranched alkanes of at least 4 members (excludes halogenated alkanes) is 1. The predicted octanol–water partition coefficient (Wildman–Crippen LogP) is 3.87. The summed E-state index contributed by atoms with van der Waals surface area (Å²) in [5, 5.41) is 0. The van der Waals surface area contributed by atoms with Crippen LogP contribution < -0.4 is 9.64 Å². The largest absolute Gasteiger partial charge is 0.491 e. The van der Waals surface area contributed by atoms with Gasteiger partial charge in [-0.2, -0.15) is 0 Å². The van der Waals surface area contributed by atoms with E-state index in [9.17, 15) is 4.79 Å².